The second kappa shape index (κ2) is 10.2. The normalized spacial score (nSPS) is 13.9. The van der Waals surface area contributed by atoms with Crippen LogP contribution in [0.2, 0.25) is 0 Å². The fraction of sp³-hybridized carbons (Fsp3) is 0.368. The Morgan fingerprint density at radius 3 is 2.62 bits per heavy atom. The fourth-order valence-corrected chi connectivity index (χ4v) is 3.11. The maximum atomic E-state index is 11.6. The minimum atomic E-state index is -0.353. The zero-order valence-corrected chi connectivity index (χ0v) is 19.1. The highest BCUT2D eigenvalue weighted by Gasteiger charge is 2.27. The summed E-state index contributed by atoms with van der Waals surface area (Å²) in [7, 11) is 1.68. The fourth-order valence-electron chi connectivity index (χ4n) is 3.11. The number of imide groups is 1. The van der Waals surface area contributed by atoms with Gasteiger partial charge in [0.1, 0.15) is 0 Å². The summed E-state index contributed by atoms with van der Waals surface area (Å²) in [5.74, 6) is 0.379. The van der Waals surface area contributed by atoms with Crippen molar-refractivity contribution in [1.82, 2.24) is 30.6 Å². The lowest BCUT2D eigenvalue weighted by molar-refractivity contribution is -0.124. The number of aryl methyl sites for hydroxylation is 2. The molecule has 0 atom stereocenters. The monoisotopic (exact) mass is 511 g/mol. The number of guanidine groups is 1. The van der Waals surface area contributed by atoms with Crippen molar-refractivity contribution >= 4 is 41.9 Å². The molecule has 1 aliphatic heterocycles. The Kier molecular flexibility index (Phi) is 8.00. The lowest BCUT2D eigenvalue weighted by Gasteiger charge is -2.17. The van der Waals surface area contributed by atoms with Gasteiger partial charge >= 0.3 is 6.03 Å². The van der Waals surface area contributed by atoms with Crippen molar-refractivity contribution < 1.29 is 9.59 Å². The van der Waals surface area contributed by atoms with Crippen molar-refractivity contribution in [2.24, 2.45) is 4.99 Å². The molecule has 156 valence electrons. The highest BCUT2D eigenvalue weighted by Crippen LogP contribution is 2.16. The van der Waals surface area contributed by atoms with Crippen LogP contribution in [0.25, 0.3) is 5.69 Å². The van der Waals surface area contributed by atoms with Crippen molar-refractivity contribution in [2.75, 3.05) is 26.7 Å². The quantitative estimate of drug-likeness (QED) is 0.235. The summed E-state index contributed by atoms with van der Waals surface area (Å²) in [6.07, 6.45) is 0. The number of aliphatic imine (C=N–C) groups is 1. The van der Waals surface area contributed by atoms with E-state index in [0.29, 0.717) is 19.0 Å². The van der Waals surface area contributed by atoms with Crippen LogP contribution in [0.5, 0.6) is 0 Å². The molecular weight excluding hydrogens is 485 g/mol. The van der Waals surface area contributed by atoms with Gasteiger partial charge in [-0.1, -0.05) is 18.2 Å². The first kappa shape index (κ1) is 22.7. The Labute approximate surface area is 187 Å². The zero-order valence-electron chi connectivity index (χ0n) is 16.7. The molecule has 1 aliphatic rings. The molecule has 0 bridgehead atoms. The molecule has 3 N–H and O–H groups in total. The van der Waals surface area contributed by atoms with Crippen LogP contribution in [-0.2, 0) is 11.3 Å². The van der Waals surface area contributed by atoms with Gasteiger partial charge in [-0.3, -0.25) is 14.7 Å². The Hall–Kier alpha value is -2.63. The number of nitrogens with one attached hydrogen (secondary N) is 3. The van der Waals surface area contributed by atoms with E-state index in [-0.39, 0.29) is 49.0 Å². The van der Waals surface area contributed by atoms with Gasteiger partial charge in [-0.15, -0.1) is 24.0 Å². The molecule has 9 nitrogen and oxygen atoms in total. The summed E-state index contributed by atoms with van der Waals surface area (Å²) in [6.45, 7) is 5.32. The van der Waals surface area contributed by atoms with E-state index in [9.17, 15) is 9.59 Å². The molecule has 1 aromatic carbocycles. The molecule has 3 amide bonds. The summed E-state index contributed by atoms with van der Waals surface area (Å²) < 4.78 is 1.93. The number of amides is 3. The molecule has 0 saturated carbocycles. The Morgan fingerprint density at radius 1 is 1.24 bits per heavy atom. The summed E-state index contributed by atoms with van der Waals surface area (Å²) >= 11 is 0. The van der Waals surface area contributed by atoms with Gasteiger partial charge in [-0.05, 0) is 31.5 Å². The van der Waals surface area contributed by atoms with Gasteiger partial charge in [0.15, 0.2) is 5.96 Å². The second-order valence-electron chi connectivity index (χ2n) is 6.52. The number of carbonyl (C=O) groups excluding carboxylic acids is 2. The third kappa shape index (κ3) is 5.46. The number of halogens is 1. The van der Waals surface area contributed by atoms with E-state index in [0.717, 1.165) is 22.6 Å². The van der Waals surface area contributed by atoms with Crippen LogP contribution in [0.1, 0.15) is 17.0 Å². The molecule has 0 radical (unpaired) electrons. The number of aromatic nitrogens is 2. The number of benzene rings is 1. The first-order valence-corrected chi connectivity index (χ1v) is 9.14. The van der Waals surface area contributed by atoms with E-state index in [1.807, 2.05) is 48.9 Å². The van der Waals surface area contributed by atoms with Gasteiger partial charge in [-0.2, -0.15) is 5.10 Å². The van der Waals surface area contributed by atoms with Crippen LogP contribution in [-0.4, -0.2) is 59.3 Å². The third-order valence-electron chi connectivity index (χ3n) is 4.46. The van der Waals surface area contributed by atoms with Gasteiger partial charge in [0, 0.05) is 32.4 Å². The van der Waals surface area contributed by atoms with E-state index in [1.54, 1.807) is 7.05 Å². The van der Waals surface area contributed by atoms with Crippen LogP contribution in [0.15, 0.2) is 35.3 Å². The predicted octanol–water partition coefficient (Wildman–Crippen LogP) is 1.32. The van der Waals surface area contributed by atoms with Crippen LogP contribution >= 0.6 is 24.0 Å². The number of carbonyl (C=O) groups is 2. The second-order valence-corrected chi connectivity index (χ2v) is 6.52. The average Bonchev–Trinajstić information content (AvgIpc) is 3.19. The molecule has 10 heteroatoms. The smallest absolute Gasteiger partial charge is 0.324 e. The number of urea groups is 1. The Morgan fingerprint density at radius 2 is 2.00 bits per heavy atom. The molecule has 3 rings (SSSR count). The maximum Gasteiger partial charge on any atom is 0.324 e. The first-order chi connectivity index (χ1) is 13.5. The minimum Gasteiger partial charge on any atom is -0.355 e. The number of rotatable bonds is 6. The van der Waals surface area contributed by atoms with E-state index in [2.05, 4.69) is 26.0 Å². The molecule has 29 heavy (non-hydrogen) atoms. The van der Waals surface area contributed by atoms with Crippen LogP contribution in [0, 0.1) is 13.8 Å². The molecule has 1 saturated heterocycles. The lowest BCUT2D eigenvalue weighted by atomic mass is 10.1. The van der Waals surface area contributed by atoms with Crippen molar-refractivity contribution in [3.8, 4) is 5.69 Å². The highest BCUT2D eigenvalue weighted by atomic mass is 127. The third-order valence-corrected chi connectivity index (χ3v) is 4.46. The summed E-state index contributed by atoms with van der Waals surface area (Å²) in [5.41, 5.74) is 4.13. The SMILES string of the molecule is CN=C(NCCN1C(=O)CNC1=O)NCc1ccccc1-n1nc(C)cc1C.I. The topological polar surface area (TPSA) is 104 Å². The van der Waals surface area contributed by atoms with Crippen molar-refractivity contribution in [1.29, 1.82) is 0 Å². The van der Waals surface area contributed by atoms with E-state index >= 15 is 0 Å². The maximum absolute atomic E-state index is 11.6. The largest absolute Gasteiger partial charge is 0.355 e. The van der Waals surface area contributed by atoms with Gasteiger partial charge in [0.25, 0.3) is 0 Å². The number of hydrogen-bond acceptors (Lipinski definition) is 4. The summed E-state index contributed by atoms with van der Waals surface area (Å²) in [5, 5.41) is 13.5. The van der Waals surface area contributed by atoms with E-state index in [4.69, 9.17) is 0 Å². The minimum absolute atomic E-state index is 0. The lowest BCUT2D eigenvalue weighted by Crippen LogP contribution is -2.43. The highest BCUT2D eigenvalue weighted by molar-refractivity contribution is 14.0. The zero-order chi connectivity index (χ0) is 20.1. The van der Waals surface area contributed by atoms with Crippen LogP contribution in [0.3, 0.4) is 0 Å². The Balaban J connectivity index is 0.00000300. The van der Waals surface area contributed by atoms with E-state index < -0.39 is 0 Å². The standard InChI is InChI=1S/C19H25N7O2.HI/c1-13-10-14(2)26(24-13)16-7-5-4-6-15(16)11-22-18(20-3)21-8-9-25-17(27)12-23-19(25)28;/h4-7,10H,8-9,11-12H2,1-3H3,(H,23,28)(H2,20,21,22);1H. The molecule has 0 unspecified atom stereocenters. The first-order valence-electron chi connectivity index (χ1n) is 9.14. The Bertz CT molecular complexity index is 894. The predicted molar refractivity (Wildman–Crippen MR) is 122 cm³/mol. The van der Waals surface area contributed by atoms with Gasteiger partial charge < -0.3 is 16.0 Å². The molecule has 1 fully saturated rings. The average molecular weight is 511 g/mol. The number of nitrogens with zero attached hydrogens (tertiary/aromatic N) is 4. The van der Waals surface area contributed by atoms with Crippen LogP contribution < -0.4 is 16.0 Å². The molecule has 2 aromatic rings. The number of hydrogen-bond donors (Lipinski definition) is 3. The summed E-state index contributed by atoms with van der Waals surface area (Å²) in [4.78, 5) is 28.5. The molecule has 0 aliphatic carbocycles. The van der Waals surface area contributed by atoms with Crippen molar-refractivity contribution in [3.05, 3.63) is 47.3 Å². The van der Waals surface area contributed by atoms with Crippen molar-refractivity contribution in [3.63, 3.8) is 0 Å². The molecule has 2 heterocycles. The van der Waals surface area contributed by atoms with Crippen molar-refractivity contribution in [2.45, 2.75) is 20.4 Å². The molecule has 0 spiro atoms. The van der Waals surface area contributed by atoms with Gasteiger partial charge in [-0.25, -0.2) is 9.48 Å². The van der Waals surface area contributed by atoms with Gasteiger partial charge in [0.2, 0.25) is 5.91 Å². The van der Waals surface area contributed by atoms with Crippen LogP contribution in [0.4, 0.5) is 4.79 Å². The van der Waals surface area contributed by atoms with Gasteiger partial charge in [0.05, 0.1) is 17.9 Å². The number of para-hydroxylation sites is 1. The molecular formula is C19H26IN7O2. The van der Waals surface area contributed by atoms with E-state index in [1.165, 1.54) is 4.90 Å². The molecule has 1 aromatic heterocycles. The summed E-state index contributed by atoms with van der Waals surface area (Å²) in [6, 6.07) is 9.73.